The Hall–Kier alpha value is -2.86. The van der Waals surface area contributed by atoms with E-state index in [2.05, 4.69) is 29.1 Å². The molecule has 0 amide bonds. The van der Waals surface area contributed by atoms with E-state index in [1.165, 1.54) is 12.0 Å². The van der Waals surface area contributed by atoms with Gasteiger partial charge in [-0.2, -0.15) is 0 Å². The Morgan fingerprint density at radius 1 is 1.04 bits per heavy atom. The summed E-state index contributed by atoms with van der Waals surface area (Å²) in [4.78, 5) is 10.8. The lowest BCUT2D eigenvalue weighted by atomic mass is 10.1. The molecule has 0 radical (unpaired) electrons. The molecule has 2 aromatic carbocycles. The van der Waals surface area contributed by atoms with Crippen molar-refractivity contribution in [1.82, 2.24) is 9.97 Å². The van der Waals surface area contributed by atoms with Crippen molar-refractivity contribution >= 4 is 16.7 Å². The molecular weight excluding hydrogens is 340 g/mol. The number of hydrogen-bond acceptors (Lipinski definition) is 5. The van der Waals surface area contributed by atoms with Crippen LogP contribution in [0.1, 0.15) is 13.8 Å². The maximum Gasteiger partial charge on any atom is 0.161 e. The molecule has 2 N–H and O–H groups in total. The van der Waals surface area contributed by atoms with Crippen molar-refractivity contribution in [2.75, 3.05) is 38.6 Å². The fraction of sp³-hybridized carbons (Fsp3) is 0.333. The molecule has 1 aromatic heterocycles. The highest BCUT2D eigenvalue weighted by atomic mass is 16.5. The number of quaternary nitrogens is 1. The van der Waals surface area contributed by atoms with Crippen LogP contribution in [0.25, 0.3) is 22.3 Å². The number of hydrogen-bond donors (Lipinski definition) is 2. The van der Waals surface area contributed by atoms with Crippen molar-refractivity contribution in [3.63, 3.8) is 0 Å². The first kappa shape index (κ1) is 18.9. The van der Waals surface area contributed by atoms with Gasteiger partial charge in [0.15, 0.2) is 5.82 Å². The first-order chi connectivity index (χ1) is 13.2. The molecule has 6 heteroatoms. The van der Waals surface area contributed by atoms with Gasteiger partial charge in [0.1, 0.15) is 11.6 Å². The standard InChI is InChI=1S/C21H26N4O2/c1-4-25(5-2)14-13-22-20-15-9-6-7-11-17(15)23-21(24-20)16-10-8-12-18(27-3)19(16)26/h6-12,26H,4-5,13-14H2,1-3H3,(H,22,23,24). The van der Waals surface area contributed by atoms with E-state index in [9.17, 15) is 5.11 Å². The number of ether oxygens (including phenoxy) is 1. The summed E-state index contributed by atoms with van der Waals surface area (Å²) < 4.78 is 5.15. The maximum absolute atomic E-state index is 12.6. The fourth-order valence-corrected chi connectivity index (χ4v) is 3.15. The Morgan fingerprint density at radius 3 is 2.56 bits per heavy atom. The van der Waals surface area contributed by atoms with Crippen LogP contribution in [0.2, 0.25) is 0 Å². The molecule has 0 unspecified atom stereocenters. The lowest BCUT2D eigenvalue weighted by Gasteiger charge is -2.19. The van der Waals surface area contributed by atoms with Gasteiger partial charge in [0, 0.05) is 10.9 Å². The van der Waals surface area contributed by atoms with Crippen molar-refractivity contribution in [2.24, 2.45) is 0 Å². The molecule has 142 valence electrons. The third-order valence-electron chi connectivity index (χ3n) is 4.81. The summed E-state index contributed by atoms with van der Waals surface area (Å²) >= 11 is 0. The van der Waals surface area contributed by atoms with Gasteiger partial charge in [-0.05, 0) is 32.0 Å². The molecule has 27 heavy (non-hydrogen) atoms. The molecule has 3 rings (SSSR count). The second kappa shape index (κ2) is 8.68. The molecular formula is C21H26N4O2. The summed E-state index contributed by atoms with van der Waals surface area (Å²) in [6, 6.07) is 13.0. The largest absolute Gasteiger partial charge is 0.869 e. The van der Waals surface area contributed by atoms with Gasteiger partial charge in [-0.1, -0.05) is 30.0 Å². The molecule has 0 aliphatic carbocycles. The molecule has 3 aromatic rings. The van der Waals surface area contributed by atoms with Gasteiger partial charge in [-0.15, -0.1) is 0 Å². The van der Waals surface area contributed by atoms with Crippen molar-refractivity contribution < 1.29 is 14.7 Å². The Morgan fingerprint density at radius 2 is 1.81 bits per heavy atom. The molecule has 6 nitrogen and oxygen atoms in total. The number of anilines is 1. The predicted molar refractivity (Wildman–Crippen MR) is 106 cm³/mol. The van der Waals surface area contributed by atoms with Gasteiger partial charge in [0.25, 0.3) is 0 Å². The normalized spacial score (nSPS) is 11.1. The van der Waals surface area contributed by atoms with Crippen LogP contribution in [0.15, 0.2) is 42.5 Å². The topological polar surface area (TPSA) is 74.5 Å². The van der Waals surface area contributed by atoms with E-state index < -0.39 is 0 Å². The average molecular weight is 366 g/mol. The Kier molecular flexibility index (Phi) is 6.08. The first-order valence-corrected chi connectivity index (χ1v) is 9.36. The van der Waals surface area contributed by atoms with Gasteiger partial charge >= 0.3 is 0 Å². The van der Waals surface area contributed by atoms with E-state index in [0.717, 1.165) is 42.9 Å². The lowest BCUT2D eigenvalue weighted by Crippen LogP contribution is -3.12. The summed E-state index contributed by atoms with van der Waals surface area (Å²) in [6.07, 6.45) is 0. The third-order valence-corrected chi connectivity index (χ3v) is 4.81. The minimum Gasteiger partial charge on any atom is -0.869 e. The minimum atomic E-state index is -0.200. The summed E-state index contributed by atoms with van der Waals surface area (Å²) in [6.45, 7) is 8.38. The van der Waals surface area contributed by atoms with Crippen LogP contribution < -0.4 is 20.1 Å². The van der Waals surface area contributed by atoms with Crippen LogP contribution in [0, 0.1) is 0 Å². The highest BCUT2D eigenvalue weighted by molar-refractivity contribution is 5.91. The predicted octanol–water partition coefficient (Wildman–Crippen LogP) is 1.72. The van der Waals surface area contributed by atoms with Crippen LogP contribution in [0.3, 0.4) is 0 Å². The average Bonchev–Trinajstić information content (AvgIpc) is 2.71. The number of benzene rings is 2. The van der Waals surface area contributed by atoms with Crippen LogP contribution in [-0.4, -0.2) is 43.3 Å². The number of para-hydroxylation sites is 2. The number of methoxy groups -OCH3 is 1. The maximum atomic E-state index is 12.6. The number of nitrogens with zero attached hydrogens (tertiary/aromatic N) is 2. The monoisotopic (exact) mass is 366 g/mol. The van der Waals surface area contributed by atoms with Crippen molar-refractivity contribution in [2.45, 2.75) is 13.8 Å². The summed E-state index contributed by atoms with van der Waals surface area (Å²) in [5.74, 6) is 1.26. The second-order valence-corrected chi connectivity index (χ2v) is 6.38. The van der Waals surface area contributed by atoms with Gasteiger partial charge in [0.2, 0.25) is 0 Å². The van der Waals surface area contributed by atoms with Crippen LogP contribution in [-0.2, 0) is 0 Å². The molecule has 0 fully saturated rings. The molecule has 0 aliphatic rings. The van der Waals surface area contributed by atoms with E-state index in [4.69, 9.17) is 4.74 Å². The zero-order chi connectivity index (χ0) is 19.2. The zero-order valence-corrected chi connectivity index (χ0v) is 16.1. The number of rotatable bonds is 8. The molecule has 0 spiro atoms. The molecule has 0 atom stereocenters. The summed E-state index contributed by atoms with van der Waals surface area (Å²) in [7, 11) is 1.49. The third kappa shape index (κ3) is 4.11. The highest BCUT2D eigenvalue weighted by Crippen LogP contribution is 2.34. The number of aromatic nitrogens is 2. The quantitative estimate of drug-likeness (QED) is 0.635. The SMILES string of the molecule is CC[NH+](CC)CCNc1nc(-c2cccc(OC)c2[O-])nc2ccccc12. The van der Waals surface area contributed by atoms with Crippen LogP contribution >= 0.6 is 0 Å². The fourth-order valence-electron chi connectivity index (χ4n) is 3.15. The number of nitrogens with one attached hydrogen (secondary N) is 2. The van der Waals surface area contributed by atoms with Gasteiger partial charge < -0.3 is 20.1 Å². The van der Waals surface area contributed by atoms with Gasteiger partial charge in [-0.3, -0.25) is 0 Å². The van der Waals surface area contributed by atoms with Crippen LogP contribution in [0.5, 0.6) is 11.5 Å². The molecule has 0 bridgehead atoms. The van der Waals surface area contributed by atoms with Gasteiger partial charge in [0.05, 0.1) is 38.8 Å². The van der Waals surface area contributed by atoms with E-state index >= 15 is 0 Å². The highest BCUT2D eigenvalue weighted by Gasteiger charge is 2.12. The second-order valence-electron chi connectivity index (χ2n) is 6.38. The van der Waals surface area contributed by atoms with E-state index in [-0.39, 0.29) is 5.75 Å². The Labute approximate surface area is 159 Å². The van der Waals surface area contributed by atoms with E-state index in [1.807, 2.05) is 24.3 Å². The number of likely N-dealkylation sites (N-methyl/N-ethyl adjacent to an activating group) is 1. The molecule has 0 aliphatic heterocycles. The number of fused-ring (bicyclic) bond motifs is 1. The zero-order valence-electron chi connectivity index (χ0n) is 16.1. The van der Waals surface area contributed by atoms with E-state index in [1.54, 1.807) is 18.2 Å². The van der Waals surface area contributed by atoms with Crippen molar-refractivity contribution in [1.29, 1.82) is 0 Å². The molecule has 0 saturated carbocycles. The van der Waals surface area contributed by atoms with Crippen molar-refractivity contribution in [3.8, 4) is 22.9 Å². The lowest BCUT2D eigenvalue weighted by molar-refractivity contribution is -0.894. The Bertz CT molecular complexity index is 910. The Balaban J connectivity index is 1.98. The van der Waals surface area contributed by atoms with Crippen molar-refractivity contribution in [3.05, 3.63) is 42.5 Å². The first-order valence-electron chi connectivity index (χ1n) is 9.36. The molecule has 1 heterocycles. The molecule has 0 saturated heterocycles. The van der Waals surface area contributed by atoms with Crippen LogP contribution in [0.4, 0.5) is 5.82 Å². The van der Waals surface area contributed by atoms with E-state index in [0.29, 0.717) is 17.1 Å². The van der Waals surface area contributed by atoms with Gasteiger partial charge in [-0.25, -0.2) is 9.97 Å². The summed E-state index contributed by atoms with van der Waals surface area (Å²) in [5.41, 5.74) is 1.25. The smallest absolute Gasteiger partial charge is 0.161 e. The minimum absolute atomic E-state index is 0.200. The summed E-state index contributed by atoms with van der Waals surface area (Å²) in [5, 5.41) is 17.0.